The molecule has 0 aliphatic carbocycles. The predicted octanol–water partition coefficient (Wildman–Crippen LogP) is 9.10. The lowest BCUT2D eigenvalue weighted by atomic mass is 9.94. The summed E-state index contributed by atoms with van der Waals surface area (Å²) >= 11 is 0. The van der Waals surface area contributed by atoms with Crippen molar-refractivity contribution in [3.05, 3.63) is 145 Å². The first kappa shape index (κ1) is 22.8. The van der Waals surface area contributed by atoms with Crippen LogP contribution in [-0.2, 0) is 6.42 Å². The summed E-state index contributed by atoms with van der Waals surface area (Å²) < 4.78 is 5.78. The minimum atomic E-state index is 0. The van der Waals surface area contributed by atoms with Crippen molar-refractivity contribution < 1.29 is 4.74 Å². The monoisotopic (exact) mass is 470 g/mol. The summed E-state index contributed by atoms with van der Waals surface area (Å²) in [5.74, 6) is 1.98. The van der Waals surface area contributed by atoms with Crippen LogP contribution in [0.2, 0.25) is 0 Å². The minimum Gasteiger partial charge on any atom is -0.457 e. The fourth-order valence-electron chi connectivity index (χ4n) is 4.74. The van der Waals surface area contributed by atoms with Gasteiger partial charge in [0.2, 0.25) is 0 Å². The maximum absolute atomic E-state index is 5.78. The molecule has 0 N–H and O–H groups in total. The average Bonchev–Trinajstić information content (AvgIpc) is 2.91. The molecule has 0 saturated heterocycles. The van der Waals surface area contributed by atoms with E-state index >= 15 is 0 Å². The van der Waals surface area contributed by atoms with Crippen molar-refractivity contribution in [1.29, 1.82) is 0 Å². The molecule has 2 heteroatoms. The van der Waals surface area contributed by atoms with Gasteiger partial charge in [0.15, 0.2) is 0 Å². The van der Waals surface area contributed by atoms with Crippen LogP contribution in [0.15, 0.2) is 133 Å². The van der Waals surface area contributed by atoms with Crippen LogP contribution in [-0.4, -0.2) is 0 Å². The number of rotatable bonds is 1. The third-order valence-electron chi connectivity index (χ3n) is 6.42. The molecule has 1 unspecified atom stereocenters. The zero-order valence-corrected chi connectivity index (χ0v) is 20.9. The smallest absolute Gasteiger partial charge is 0.130 e. The van der Waals surface area contributed by atoms with Crippen molar-refractivity contribution in [2.75, 3.05) is 0 Å². The van der Waals surface area contributed by atoms with Gasteiger partial charge in [0.05, 0.1) is 0 Å². The Morgan fingerprint density at radius 1 is 0.400 bits per heavy atom. The van der Waals surface area contributed by atoms with Gasteiger partial charge in [-0.05, 0) is 55.9 Å². The van der Waals surface area contributed by atoms with Gasteiger partial charge < -0.3 is 4.74 Å². The molecule has 1 nitrogen and oxygen atoms in total. The van der Waals surface area contributed by atoms with Crippen LogP contribution in [0.5, 0.6) is 11.5 Å². The van der Waals surface area contributed by atoms with Crippen molar-refractivity contribution in [3.8, 4) is 22.6 Å². The Hall–Kier alpha value is -3.93. The van der Waals surface area contributed by atoms with Crippen molar-refractivity contribution in [2.45, 2.75) is 6.42 Å². The van der Waals surface area contributed by atoms with Gasteiger partial charge in [-0.15, -0.1) is 0 Å². The Morgan fingerprint density at radius 3 is 1.31 bits per heavy atom. The SMILES string of the molecule is P.c1ccc2c(-c3cccc4ccccc34)cccc2c1.c1ccc2c(c1)Cc1ccccc1O2. The molecule has 6 aromatic rings. The van der Waals surface area contributed by atoms with E-state index in [0.717, 1.165) is 17.9 Å². The third-order valence-corrected chi connectivity index (χ3v) is 6.42. The van der Waals surface area contributed by atoms with E-state index in [1.165, 1.54) is 43.8 Å². The van der Waals surface area contributed by atoms with E-state index < -0.39 is 0 Å². The molecule has 0 bridgehead atoms. The number of hydrogen-bond donors (Lipinski definition) is 0. The molecule has 0 radical (unpaired) electrons. The zero-order chi connectivity index (χ0) is 22.7. The topological polar surface area (TPSA) is 9.23 Å². The Balaban J connectivity index is 0.000000149. The van der Waals surface area contributed by atoms with Gasteiger partial charge in [-0.2, -0.15) is 9.90 Å². The van der Waals surface area contributed by atoms with Crippen molar-refractivity contribution in [3.63, 3.8) is 0 Å². The quantitative estimate of drug-likeness (QED) is 0.217. The lowest BCUT2D eigenvalue weighted by Gasteiger charge is -2.19. The van der Waals surface area contributed by atoms with Crippen LogP contribution in [0.4, 0.5) is 0 Å². The zero-order valence-electron chi connectivity index (χ0n) is 19.5. The molecule has 0 amide bonds. The Kier molecular flexibility index (Phi) is 6.62. The molecule has 35 heavy (non-hydrogen) atoms. The number of hydrogen-bond acceptors (Lipinski definition) is 1. The maximum Gasteiger partial charge on any atom is 0.130 e. The highest BCUT2D eigenvalue weighted by molar-refractivity contribution is 6.92. The normalized spacial score (nSPS) is 11.3. The molecule has 1 atom stereocenters. The molecule has 0 aromatic heterocycles. The maximum atomic E-state index is 5.78. The van der Waals surface area contributed by atoms with Gasteiger partial charge in [-0.3, -0.25) is 0 Å². The summed E-state index contributed by atoms with van der Waals surface area (Å²) in [5.41, 5.74) is 5.15. The Bertz CT molecular complexity index is 1440. The third kappa shape index (κ3) is 4.56. The molecular formula is C33H27OP. The minimum absolute atomic E-state index is 0. The average molecular weight is 471 g/mol. The summed E-state index contributed by atoms with van der Waals surface area (Å²) in [7, 11) is 0. The van der Waals surface area contributed by atoms with E-state index in [1.807, 2.05) is 24.3 Å². The second-order valence-electron chi connectivity index (χ2n) is 8.55. The van der Waals surface area contributed by atoms with Gasteiger partial charge in [0.1, 0.15) is 11.5 Å². The lowest BCUT2D eigenvalue weighted by Crippen LogP contribution is -2.01. The number of para-hydroxylation sites is 2. The van der Waals surface area contributed by atoms with E-state index in [1.54, 1.807) is 0 Å². The van der Waals surface area contributed by atoms with E-state index in [9.17, 15) is 0 Å². The summed E-state index contributed by atoms with van der Waals surface area (Å²) in [4.78, 5) is 0. The van der Waals surface area contributed by atoms with Gasteiger partial charge >= 0.3 is 0 Å². The van der Waals surface area contributed by atoms with Gasteiger partial charge in [-0.1, -0.05) is 121 Å². The van der Waals surface area contributed by atoms with E-state index in [2.05, 4.69) is 109 Å². The molecule has 1 heterocycles. The second-order valence-corrected chi connectivity index (χ2v) is 8.55. The van der Waals surface area contributed by atoms with Crippen LogP contribution in [0.1, 0.15) is 11.1 Å². The molecule has 0 fully saturated rings. The standard InChI is InChI=1S/C20H14.C13H10O.H3P/c1-3-11-17-15(7-1)9-5-13-19(17)20-14-6-10-16-8-2-4-12-18(16)20;1-3-7-12-10(5-1)9-11-6-2-4-8-13(11)14-12;/h1-14H;1-8H,9H2;1H3. The highest BCUT2D eigenvalue weighted by atomic mass is 31.0. The summed E-state index contributed by atoms with van der Waals surface area (Å²) in [6.45, 7) is 0. The van der Waals surface area contributed by atoms with Crippen molar-refractivity contribution >= 4 is 31.4 Å². The molecule has 1 aliphatic heterocycles. The first-order valence-electron chi connectivity index (χ1n) is 11.7. The van der Waals surface area contributed by atoms with Gasteiger partial charge in [-0.25, -0.2) is 0 Å². The first-order chi connectivity index (χ1) is 16.9. The first-order valence-corrected chi connectivity index (χ1v) is 11.7. The molecule has 6 aromatic carbocycles. The molecule has 0 saturated carbocycles. The fourth-order valence-corrected chi connectivity index (χ4v) is 4.74. The van der Waals surface area contributed by atoms with E-state index in [-0.39, 0.29) is 9.90 Å². The fraction of sp³-hybridized carbons (Fsp3) is 0.0303. The number of benzene rings is 6. The molecule has 7 rings (SSSR count). The summed E-state index contributed by atoms with van der Waals surface area (Å²) in [5, 5.41) is 5.20. The van der Waals surface area contributed by atoms with E-state index in [4.69, 9.17) is 4.74 Å². The lowest BCUT2D eigenvalue weighted by molar-refractivity contribution is 0.460. The van der Waals surface area contributed by atoms with Crippen LogP contribution < -0.4 is 4.74 Å². The molecule has 170 valence electrons. The van der Waals surface area contributed by atoms with Crippen LogP contribution in [0, 0.1) is 0 Å². The Labute approximate surface area is 209 Å². The molecule has 1 aliphatic rings. The highest BCUT2D eigenvalue weighted by Crippen LogP contribution is 2.36. The highest BCUT2D eigenvalue weighted by Gasteiger charge is 2.14. The van der Waals surface area contributed by atoms with Crippen molar-refractivity contribution in [1.82, 2.24) is 0 Å². The summed E-state index contributed by atoms with van der Waals surface area (Å²) in [6, 6.07) is 46.6. The largest absolute Gasteiger partial charge is 0.457 e. The van der Waals surface area contributed by atoms with Crippen LogP contribution in [0.3, 0.4) is 0 Å². The number of fused-ring (bicyclic) bond motifs is 4. The number of ether oxygens (including phenoxy) is 1. The molecule has 0 spiro atoms. The predicted molar refractivity (Wildman–Crippen MR) is 154 cm³/mol. The van der Waals surface area contributed by atoms with Crippen LogP contribution in [0.25, 0.3) is 32.7 Å². The van der Waals surface area contributed by atoms with Gasteiger partial charge in [0, 0.05) is 6.42 Å². The van der Waals surface area contributed by atoms with E-state index in [0.29, 0.717) is 0 Å². The Morgan fingerprint density at radius 2 is 0.800 bits per heavy atom. The molecular weight excluding hydrogens is 443 g/mol. The second kappa shape index (κ2) is 10.1. The van der Waals surface area contributed by atoms with Crippen LogP contribution >= 0.6 is 9.90 Å². The van der Waals surface area contributed by atoms with Gasteiger partial charge in [0.25, 0.3) is 0 Å². The van der Waals surface area contributed by atoms with Crippen molar-refractivity contribution in [2.24, 2.45) is 0 Å². The summed E-state index contributed by atoms with van der Waals surface area (Å²) in [6.07, 6.45) is 0.979.